The molecule has 17 heavy (non-hydrogen) atoms. The number of hydrogen-bond acceptors (Lipinski definition) is 4. The van der Waals surface area contributed by atoms with Crippen LogP contribution in [0.15, 0.2) is 0 Å². The predicted molar refractivity (Wildman–Crippen MR) is 65.8 cm³/mol. The molecule has 2 rings (SSSR count). The van der Waals surface area contributed by atoms with Crippen LogP contribution in [0.3, 0.4) is 0 Å². The van der Waals surface area contributed by atoms with Gasteiger partial charge in [0.1, 0.15) is 0 Å². The first-order chi connectivity index (χ1) is 7.96. The number of nitrogens with zero attached hydrogens (tertiary/aromatic N) is 1. The van der Waals surface area contributed by atoms with Gasteiger partial charge in [0.15, 0.2) is 0 Å². The first-order valence-electron chi connectivity index (χ1n) is 6.50. The van der Waals surface area contributed by atoms with Crippen LogP contribution in [-0.2, 0) is 4.74 Å². The van der Waals surface area contributed by atoms with Crippen LogP contribution in [0.1, 0.15) is 32.6 Å². The van der Waals surface area contributed by atoms with Crippen molar-refractivity contribution in [1.29, 1.82) is 0 Å². The van der Waals surface area contributed by atoms with Crippen molar-refractivity contribution in [2.24, 2.45) is 5.41 Å². The highest BCUT2D eigenvalue weighted by Crippen LogP contribution is 2.47. The number of piperidine rings is 1. The summed E-state index contributed by atoms with van der Waals surface area (Å²) in [6.45, 7) is 2.31. The average molecular weight is 243 g/mol. The van der Waals surface area contributed by atoms with Crippen molar-refractivity contribution < 1.29 is 14.9 Å². The molecule has 2 fully saturated rings. The van der Waals surface area contributed by atoms with Crippen molar-refractivity contribution in [3.05, 3.63) is 0 Å². The maximum atomic E-state index is 11.0. The monoisotopic (exact) mass is 243 g/mol. The Morgan fingerprint density at radius 2 is 1.88 bits per heavy atom. The van der Waals surface area contributed by atoms with Crippen molar-refractivity contribution in [2.75, 3.05) is 27.4 Å². The molecular weight excluding hydrogens is 218 g/mol. The smallest absolute Gasteiger partial charge is 0.0774 e. The van der Waals surface area contributed by atoms with Gasteiger partial charge in [-0.1, -0.05) is 6.92 Å². The summed E-state index contributed by atoms with van der Waals surface area (Å²) >= 11 is 0. The minimum atomic E-state index is -0.796. The summed E-state index contributed by atoms with van der Waals surface area (Å²) in [6, 6.07) is 0.919. The van der Waals surface area contributed by atoms with Gasteiger partial charge in [0.2, 0.25) is 0 Å². The molecule has 3 unspecified atom stereocenters. The topological polar surface area (TPSA) is 52.9 Å². The van der Waals surface area contributed by atoms with Crippen LogP contribution in [-0.4, -0.2) is 60.2 Å². The fraction of sp³-hybridized carbons (Fsp3) is 1.00. The summed E-state index contributed by atoms with van der Waals surface area (Å²) in [5.74, 6) is 0. The average Bonchev–Trinajstić information content (AvgIpc) is 2.53. The number of aliphatic hydroxyl groups excluding tert-OH is 1. The normalized spacial score (nSPS) is 41.5. The second kappa shape index (κ2) is 4.50. The summed E-state index contributed by atoms with van der Waals surface area (Å²) < 4.78 is 5.20. The molecule has 0 aliphatic carbocycles. The van der Waals surface area contributed by atoms with Gasteiger partial charge in [-0.3, -0.25) is 0 Å². The maximum Gasteiger partial charge on any atom is 0.0774 e. The lowest BCUT2D eigenvalue weighted by Gasteiger charge is -2.50. The predicted octanol–water partition coefficient (Wildman–Crippen LogP) is 0.619. The van der Waals surface area contributed by atoms with Crippen LogP contribution >= 0.6 is 0 Å². The molecule has 0 radical (unpaired) electrons. The summed E-state index contributed by atoms with van der Waals surface area (Å²) in [4.78, 5) is 2.39. The van der Waals surface area contributed by atoms with Gasteiger partial charge in [-0.15, -0.1) is 0 Å². The number of hydrogen-bond donors (Lipinski definition) is 2. The number of aliphatic hydroxyl groups is 2. The van der Waals surface area contributed by atoms with Crippen molar-refractivity contribution in [3.8, 4) is 0 Å². The van der Waals surface area contributed by atoms with E-state index in [0.717, 1.165) is 25.7 Å². The van der Waals surface area contributed by atoms with Gasteiger partial charge in [0.05, 0.1) is 18.8 Å². The Kier molecular flexibility index (Phi) is 3.51. The molecule has 2 bridgehead atoms. The van der Waals surface area contributed by atoms with E-state index in [2.05, 4.69) is 11.9 Å². The number of rotatable bonds is 4. The first kappa shape index (κ1) is 13.3. The molecule has 0 aromatic heterocycles. The quantitative estimate of drug-likeness (QED) is 0.760. The van der Waals surface area contributed by atoms with Crippen LogP contribution in [0.25, 0.3) is 0 Å². The highest BCUT2D eigenvalue weighted by molar-refractivity contribution is 5.07. The summed E-state index contributed by atoms with van der Waals surface area (Å²) in [7, 11) is 3.77. The van der Waals surface area contributed by atoms with Gasteiger partial charge in [-0.25, -0.2) is 0 Å². The zero-order chi connectivity index (χ0) is 12.7. The number of ether oxygens (including phenoxy) is 1. The standard InChI is InChI=1S/C13H25NO3/c1-12(8-15,9-17-3)13(16)6-10-4-5-11(7-13)14(10)2/h10-11,15-16H,4-9H2,1-3H3. The van der Waals surface area contributed by atoms with Crippen LogP contribution in [0, 0.1) is 5.41 Å². The molecule has 4 heteroatoms. The molecule has 0 saturated carbocycles. The fourth-order valence-electron chi connectivity index (χ4n) is 3.58. The zero-order valence-corrected chi connectivity index (χ0v) is 11.1. The molecule has 2 aliphatic heterocycles. The maximum absolute atomic E-state index is 11.0. The van der Waals surface area contributed by atoms with E-state index < -0.39 is 11.0 Å². The van der Waals surface area contributed by atoms with Crippen molar-refractivity contribution in [1.82, 2.24) is 4.90 Å². The molecular formula is C13H25NO3. The number of methoxy groups -OCH3 is 1. The van der Waals surface area contributed by atoms with Crippen LogP contribution in [0.5, 0.6) is 0 Å². The Morgan fingerprint density at radius 1 is 1.35 bits per heavy atom. The molecule has 100 valence electrons. The largest absolute Gasteiger partial charge is 0.396 e. The van der Waals surface area contributed by atoms with Gasteiger partial charge in [-0.2, -0.15) is 0 Å². The van der Waals surface area contributed by atoms with Crippen LogP contribution < -0.4 is 0 Å². The Hall–Kier alpha value is -0.160. The van der Waals surface area contributed by atoms with Crippen LogP contribution in [0.2, 0.25) is 0 Å². The van der Waals surface area contributed by atoms with E-state index in [1.165, 1.54) is 0 Å². The molecule has 2 heterocycles. The molecule has 2 N–H and O–H groups in total. The molecule has 0 aromatic carbocycles. The van der Waals surface area contributed by atoms with Gasteiger partial charge >= 0.3 is 0 Å². The van der Waals surface area contributed by atoms with Crippen molar-refractivity contribution >= 4 is 0 Å². The van der Waals surface area contributed by atoms with Crippen LogP contribution in [0.4, 0.5) is 0 Å². The van der Waals surface area contributed by atoms with E-state index in [9.17, 15) is 10.2 Å². The molecule has 0 amide bonds. The molecule has 2 saturated heterocycles. The molecule has 0 aromatic rings. The van der Waals surface area contributed by atoms with E-state index >= 15 is 0 Å². The Balaban J connectivity index is 2.19. The van der Waals surface area contributed by atoms with E-state index in [-0.39, 0.29) is 6.61 Å². The minimum Gasteiger partial charge on any atom is -0.396 e. The highest BCUT2D eigenvalue weighted by Gasteiger charge is 2.54. The van der Waals surface area contributed by atoms with Gasteiger partial charge in [0.25, 0.3) is 0 Å². The Labute approximate surface area is 104 Å². The van der Waals surface area contributed by atoms with E-state index in [0.29, 0.717) is 18.7 Å². The summed E-state index contributed by atoms with van der Waals surface area (Å²) in [5.41, 5.74) is -1.35. The molecule has 0 spiro atoms. The number of fused-ring (bicyclic) bond motifs is 2. The van der Waals surface area contributed by atoms with Crippen molar-refractivity contribution in [3.63, 3.8) is 0 Å². The zero-order valence-electron chi connectivity index (χ0n) is 11.1. The van der Waals surface area contributed by atoms with E-state index in [4.69, 9.17) is 4.74 Å². The molecule has 4 nitrogen and oxygen atoms in total. The lowest BCUT2D eigenvalue weighted by Crippen LogP contribution is -2.59. The Morgan fingerprint density at radius 3 is 2.29 bits per heavy atom. The second-order valence-electron chi connectivity index (χ2n) is 6.14. The third kappa shape index (κ3) is 2.01. The summed E-state index contributed by atoms with van der Waals surface area (Å²) in [5, 5.41) is 20.6. The third-order valence-electron chi connectivity index (χ3n) is 5.07. The van der Waals surface area contributed by atoms with Crippen molar-refractivity contribution in [2.45, 2.75) is 50.3 Å². The van der Waals surface area contributed by atoms with Gasteiger partial charge in [-0.05, 0) is 32.7 Å². The van der Waals surface area contributed by atoms with Gasteiger partial charge in [0, 0.05) is 24.6 Å². The molecule has 2 aliphatic rings. The second-order valence-corrected chi connectivity index (χ2v) is 6.14. The first-order valence-corrected chi connectivity index (χ1v) is 6.50. The Bertz CT molecular complexity index is 270. The highest BCUT2D eigenvalue weighted by atomic mass is 16.5. The third-order valence-corrected chi connectivity index (χ3v) is 5.07. The SMILES string of the molecule is COCC(C)(CO)C1(O)CC2CCC(C1)N2C. The fourth-order valence-corrected chi connectivity index (χ4v) is 3.58. The lowest BCUT2D eigenvalue weighted by atomic mass is 9.67. The molecule has 3 atom stereocenters. The minimum absolute atomic E-state index is 0.0273. The lowest BCUT2D eigenvalue weighted by molar-refractivity contribution is -0.165. The van der Waals surface area contributed by atoms with E-state index in [1.54, 1.807) is 7.11 Å². The van der Waals surface area contributed by atoms with E-state index in [1.807, 2.05) is 6.92 Å². The summed E-state index contributed by atoms with van der Waals surface area (Å²) in [6.07, 6.45) is 3.83. The van der Waals surface area contributed by atoms with Gasteiger partial charge < -0.3 is 19.8 Å².